The van der Waals surface area contributed by atoms with Crippen LogP contribution in [0.3, 0.4) is 0 Å². The molecule has 0 aromatic heterocycles. The summed E-state index contributed by atoms with van der Waals surface area (Å²) in [7, 11) is 0. The fraction of sp³-hybridized carbons (Fsp3) is 0.364. The van der Waals surface area contributed by atoms with Gasteiger partial charge in [0.2, 0.25) is 5.91 Å². The van der Waals surface area contributed by atoms with E-state index in [4.69, 9.17) is 16.2 Å². The van der Waals surface area contributed by atoms with Crippen LogP contribution in [0.5, 0.6) is 5.75 Å². The van der Waals surface area contributed by atoms with E-state index in [-0.39, 0.29) is 13.0 Å². The number of benzene rings is 1. The first kappa shape index (κ1) is 13.4. The number of para-hydroxylation sites is 1. The number of carbonyl (C=O) groups is 1. The molecular formula is C11H14F2N2O2. The molecule has 0 aliphatic heterocycles. The number of rotatable bonds is 5. The summed E-state index contributed by atoms with van der Waals surface area (Å²) in [6, 6.07) is 3.39. The molecule has 94 valence electrons. The van der Waals surface area contributed by atoms with Crippen molar-refractivity contribution in [2.75, 3.05) is 6.61 Å². The SMILES string of the molecule is CC(N)(CCOc1c(F)cccc1F)C(N)=O. The van der Waals surface area contributed by atoms with Crippen molar-refractivity contribution >= 4 is 5.91 Å². The van der Waals surface area contributed by atoms with Crippen molar-refractivity contribution in [2.24, 2.45) is 11.5 Å². The highest BCUT2D eigenvalue weighted by Gasteiger charge is 2.25. The minimum Gasteiger partial charge on any atom is -0.488 e. The molecule has 1 rings (SSSR count). The van der Waals surface area contributed by atoms with Gasteiger partial charge < -0.3 is 16.2 Å². The van der Waals surface area contributed by atoms with Crippen molar-refractivity contribution in [3.63, 3.8) is 0 Å². The van der Waals surface area contributed by atoms with Crippen LogP contribution in [0.15, 0.2) is 18.2 Å². The molecule has 0 aliphatic rings. The van der Waals surface area contributed by atoms with E-state index < -0.39 is 28.8 Å². The van der Waals surface area contributed by atoms with Crippen molar-refractivity contribution in [1.82, 2.24) is 0 Å². The highest BCUT2D eigenvalue weighted by molar-refractivity contribution is 5.83. The van der Waals surface area contributed by atoms with Crippen LogP contribution in [0.2, 0.25) is 0 Å². The molecule has 1 aromatic rings. The van der Waals surface area contributed by atoms with Crippen LogP contribution in [0.4, 0.5) is 8.78 Å². The Bertz CT molecular complexity index is 402. The highest BCUT2D eigenvalue weighted by atomic mass is 19.1. The molecule has 0 fully saturated rings. The first-order chi connectivity index (χ1) is 7.84. The molecule has 4 nitrogen and oxygen atoms in total. The summed E-state index contributed by atoms with van der Waals surface area (Å²) in [5, 5.41) is 0. The van der Waals surface area contributed by atoms with Gasteiger partial charge in [-0.05, 0) is 19.1 Å². The molecular weight excluding hydrogens is 230 g/mol. The maximum Gasteiger partial charge on any atom is 0.237 e. The third-order valence-electron chi connectivity index (χ3n) is 2.35. The minimum atomic E-state index is -1.26. The number of primary amides is 1. The monoisotopic (exact) mass is 244 g/mol. The fourth-order valence-electron chi connectivity index (χ4n) is 1.11. The topological polar surface area (TPSA) is 78.3 Å². The van der Waals surface area contributed by atoms with Crippen LogP contribution in [0.25, 0.3) is 0 Å². The Labute approximate surface area is 97.5 Å². The predicted molar refractivity (Wildman–Crippen MR) is 58.3 cm³/mol. The standard InChI is InChI=1S/C11H14F2N2O2/c1-11(15,10(14)16)5-6-17-9-7(12)3-2-4-8(9)13/h2-4H,5-6,15H2,1H3,(H2,14,16). The van der Waals surface area contributed by atoms with Gasteiger partial charge in [-0.15, -0.1) is 0 Å². The van der Waals surface area contributed by atoms with Crippen LogP contribution >= 0.6 is 0 Å². The van der Waals surface area contributed by atoms with Crippen molar-refractivity contribution in [2.45, 2.75) is 18.9 Å². The van der Waals surface area contributed by atoms with Gasteiger partial charge in [-0.2, -0.15) is 0 Å². The lowest BCUT2D eigenvalue weighted by Crippen LogP contribution is -2.50. The van der Waals surface area contributed by atoms with Crippen LogP contribution in [0, 0.1) is 11.6 Å². The van der Waals surface area contributed by atoms with Gasteiger partial charge in [-0.1, -0.05) is 6.07 Å². The molecule has 17 heavy (non-hydrogen) atoms. The van der Waals surface area contributed by atoms with Crippen molar-refractivity contribution in [3.05, 3.63) is 29.8 Å². The summed E-state index contributed by atoms with van der Waals surface area (Å²) in [6.45, 7) is 1.32. The quantitative estimate of drug-likeness (QED) is 0.809. The van der Waals surface area contributed by atoms with Gasteiger partial charge in [0.25, 0.3) is 0 Å². The first-order valence-electron chi connectivity index (χ1n) is 5.00. The molecule has 1 atom stereocenters. The molecule has 0 bridgehead atoms. The van der Waals surface area contributed by atoms with E-state index in [2.05, 4.69) is 0 Å². The molecule has 0 saturated heterocycles. The molecule has 0 heterocycles. The van der Waals surface area contributed by atoms with Crippen LogP contribution < -0.4 is 16.2 Å². The zero-order valence-electron chi connectivity index (χ0n) is 9.37. The fourth-order valence-corrected chi connectivity index (χ4v) is 1.11. The molecule has 6 heteroatoms. The second-order valence-corrected chi connectivity index (χ2v) is 3.93. The lowest BCUT2D eigenvalue weighted by atomic mass is 9.99. The second-order valence-electron chi connectivity index (χ2n) is 3.93. The van der Waals surface area contributed by atoms with E-state index in [0.29, 0.717) is 0 Å². The normalized spacial score (nSPS) is 14.1. The number of carbonyl (C=O) groups excluding carboxylic acids is 1. The average Bonchev–Trinajstić information content (AvgIpc) is 2.22. The Balaban J connectivity index is 2.60. The third-order valence-corrected chi connectivity index (χ3v) is 2.35. The number of halogens is 2. The highest BCUT2D eigenvalue weighted by Crippen LogP contribution is 2.21. The number of nitrogens with two attached hydrogens (primary N) is 2. The van der Waals surface area contributed by atoms with Gasteiger partial charge in [0, 0.05) is 6.42 Å². The zero-order valence-corrected chi connectivity index (χ0v) is 9.37. The summed E-state index contributed by atoms with van der Waals surface area (Å²) in [6.07, 6.45) is 0.0656. The number of amides is 1. The molecule has 1 unspecified atom stereocenters. The van der Waals surface area contributed by atoms with E-state index in [1.165, 1.54) is 13.0 Å². The smallest absolute Gasteiger partial charge is 0.237 e. The van der Waals surface area contributed by atoms with Gasteiger partial charge in [0.15, 0.2) is 17.4 Å². The molecule has 1 amide bonds. The maximum absolute atomic E-state index is 13.1. The van der Waals surface area contributed by atoms with E-state index in [9.17, 15) is 13.6 Å². The van der Waals surface area contributed by atoms with E-state index >= 15 is 0 Å². The first-order valence-corrected chi connectivity index (χ1v) is 5.00. The van der Waals surface area contributed by atoms with E-state index in [1.807, 2.05) is 0 Å². The maximum atomic E-state index is 13.1. The summed E-state index contributed by atoms with van der Waals surface area (Å²) in [5.74, 6) is -2.78. The molecule has 0 saturated carbocycles. The van der Waals surface area contributed by atoms with Crippen molar-refractivity contribution in [1.29, 1.82) is 0 Å². The largest absolute Gasteiger partial charge is 0.488 e. The number of hydrogen-bond acceptors (Lipinski definition) is 3. The van der Waals surface area contributed by atoms with E-state index in [0.717, 1.165) is 12.1 Å². The Morgan fingerprint density at radius 1 is 1.41 bits per heavy atom. The molecule has 0 radical (unpaired) electrons. The Hall–Kier alpha value is -1.69. The summed E-state index contributed by atoms with van der Waals surface area (Å²) in [4.78, 5) is 10.9. The lowest BCUT2D eigenvalue weighted by molar-refractivity contribution is -0.123. The Kier molecular flexibility index (Phi) is 4.01. The zero-order chi connectivity index (χ0) is 13.1. The Morgan fingerprint density at radius 3 is 2.41 bits per heavy atom. The molecule has 1 aromatic carbocycles. The number of ether oxygens (including phenoxy) is 1. The number of hydrogen-bond donors (Lipinski definition) is 2. The Morgan fingerprint density at radius 2 is 1.94 bits per heavy atom. The third kappa shape index (κ3) is 3.39. The van der Waals surface area contributed by atoms with Crippen LogP contribution in [-0.2, 0) is 4.79 Å². The summed E-state index contributed by atoms with van der Waals surface area (Å²) >= 11 is 0. The van der Waals surface area contributed by atoms with Crippen molar-refractivity contribution in [3.8, 4) is 5.75 Å². The van der Waals surface area contributed by atoms with E-state index in [1.54, 1.807) is 0 Å². The van der Waals surface area contributed by atoms with Gasteiger partial charge in [-0.25, -0.2) is 8.78 Å². The summed E-state index contributed by atoms with van der Waals surface area (Å²) in [5.41, 5.74) is 9.34. The van der Waals surface area contributed by atoms with Crippen LogP contribution in [-0.4, -0.2) is 18.1 Å². The lowest BCUT2D eigenvalue weighted by Gasteiger charge is -2.20. The molecule has 4 N–H and O–H groups in total. The van der Waals surface area contributed by atoms with Gasteiger partial charge in [-0.3, -0.25) is 4.79 Å². The molecule has 0 aliphatic carbocycles. The van der Waals surface area contributed by atoms with Gasteiger partial charge in [0.1, 0.15) is 0 Å². The molecule has 0 spiro atoms. The second kappa shape index (κ2) is 5.09. The van der Waals surface area contributed by atoms with Crippen LogP contribution in [0.1, 0.15) is 13.3 Å². The van der Waals surface area contributed by atoms with Gasteiger partial charge >= 0.3 is 0 Å². The minimum absolute atomic E-state index is 0.0656. The van der Waals surface area contributed by atoms with Gasteiger partial charge in [0.05, 0.1) is 12.1 Å². The average molecular weight is 244 g/mol. The summed E-state index contributed by atoms with van der Waals surface area (Å²) < 4.78 is 31.2. The predicted octanol–water partition coefficient (Wildman–Crippen LogP) is 0.936. The van der Waals surface area contributed by atoms with Crippen molar-refractivity contribution < 1.29 is 18.3 Å².